The molecule has 1 N–H and O–H groups in total. The van der Waals surface area contributed by atoms with Gasteiger partial charge in [0, 0.05) is 26.2 Å². The number of benzene rings is 2. The average molecular weight is 358 g/mol. The lowest BCUT2D eigenvalue weighted by Crippen LogP contribution is -2.35. The fourth-order valence-corrected chi connectivity index (χ4v) is 2.81. The van der Waals surface area contributed by atoms with Crippen LogP contribution < -0.4 is 10.1 Å². The summed E-state index contributed by atoms with van der Waals surface area (Å²) in [5.41, 5.74) is 2.23. The van der Waals surface area contributed by atoms with Crippen molar-refractivity contribution >= 4 is 5.91 Å². The van der Waals surface area contributed by atoms with Crippen LogP contribution in [0.25, 0.3) is 0 Å². The monoisotopic (exact) mass is 358 g/mol. The quantitative estimate of drug-likeness (QED) is 0.826. The van der Waals surface area contributed by atoms with Gasteiger partial charge >= 0.3 is 0 Å². The summed E-state index contributed by atoms with van der Waals surface area (Å²) in [7, 11) is 0. The molecule has 5 nitrogen and oxygen atoms in total. The van der Waals surface area contributed by atoms with Gasteiger partial charge in [0.05, 0.1) is 13.2 Å². The summed E-state index contributed by atoms with van der Waals surface area (Å²) in [6, 6.07) is 14.2. The van der Waals surface area contributed by atoms with Gasteiger partial charge in [0.15, 0.2) is 18.2 Å². The third kappa shape index (κ3) is 5.54. The first-order valence-electron chi connectivity index (χ1n) is 8.72. The first-order chi connectivity index (χ1) is 12.7. The van der Waals surface area contributed by atoms with Crippen LogP contribution in [0.2, 0.25) is 0 Å². The highest BCUT2D eigenvalue weighted by Gasteiger charge is 2.11. The first-order valence-corrected chi connectivity index (χ1v) is 8.72. The van der Waals surface area contributed by atoms with Gasteiger partial charge in [0.2, 0.25) is 0 Å². The highest BCUT2D eigenvalue weighted by atomic mass is 19.1. The van der Waals surface area contributed by atoms with Gasteiger partial charge in [-0.25, -0.2) is 4.39 Å². The highest BCUT2D eigenvalue weighted by molar-refractivity contribution is 5.77. The number of amides is 1. The fourth-order valence-electron chi connectivity index (χ4n) is 2.81. The zero-order chi connectivity index (χ0) is 18.2. The summed E-state index contributed by atoms with van der Waals surface area (Å²) in [5.74, 6) is -0.682. The van der Waals surface area contributed by atoms with E-state index < -0.39 is 5.82 Å². The van der Waals surface area contributed by atoms with E-state index in [0.717, 1.165) is 38.4 Å². The van der Waals surface area contributed by atoms with Crippen molar-refractivity contribution in [3.63, 3.8) is 0 Å². The normalized spacial score (nSPS) is 14.8. The lowest BCUT2D eigenvalue weighted by atomic mass is 10.1. The molecule has 1 aliphatic rings. The van der Waals surface area contributed by atoms with Crippen LogP contribution in [0, 0.1) is 5.82 Å². The van der Waals surface area contributed by atoms with Crippen LogP contribution in [-0.2, 0) is 22.6 Å². The van der Waals surface area contributed by atoms with Gasteiger partial charge < -0.3 is 14.8 Å². The minimum absolute atomic E-state index is 0.0789. The Hall–Kier alpha value is -2.44. The molecule has 0 atom stereocenters. The van der Waals surface area contributed by atoms with Gasteiger partial charge in [-0.2, -0.15) is 0 Å². The van der Waals surface area contributed by atoms with Crippen LogP contribution in [0.4, 0.5) is 4.39 Å². The smallest absolute Gasteiger partial charge is 0.258 e. The van der Waals surface area contributed by atoms with E-state index in [1.54, 1.807) is 12.1 Å². The number of rotatable bonds is 7. The van der Waals surface area contributed by atoms with Crippen molar-refractivity contribution in [2.45, 2.75) is 13.1 Å². The number of nitrogens with one attached hydrogen (secondary N) is 1. The Kier molecular flexibility index (Phi) is 6.57. The van der Waals surface area contributed by atoms with Gasteiger partial charge in [-0.1, -0.05) is 36.4 Å². The second kappa shape index (κ2) is 9.31. The number of ether oxygens (including phenoxy) is 2. The molecule has 6 heteroatoms. The molecule has 0 aliphatic carbocycles. The number of morpholine rings is 1. The molecular formula is C20H23FN2O3. The summed E-state index contributed by atoms with van der Waals surface area (Å²) in [4.78, 5) is 14.3. The van der Waals surface area contributed by atoms with E-state index in [1.165, 1.54) is 17.7 Å². The van der Waals surface area contributed by atoms with E-state index >= 15 is 0 Å². The molecule has 2 aromatic rings. The third-order valence-corrected chi connectivity index (χ3v) is 4.19. The zero-order valence-corrected chi connectivity index (χ0v) is 14.6. The number of halogens is 1. The van der Waals surface area contributed by atoms with Crippen molar-refractivity contribution in [1.82, 2.24) is 10.2 Å². The van der Waals surface area contributed by atoms with E-state index in [-0.39, 0.29) is 18.3 Å². The number of para-hydroxylation sites is 1. The molecule has 0 radical (unpaired) electrons. The largest absolute Gasteiger partial charge is 0.481 e. The lowest BCUT2D eigenvalue weighted by molar-refractivity contribution is -0.123. The van der Waals surface area contributed by atoms with Crippen LogP contribution in [0.5, 0.6) is 5.75 Å². The number of hydrogen-bond donors (Lipinski definition) is 1. The molecule has 0 aromatic heterocycles. The molecular weight excluding hydrogens is 335 g/mol. The van der Waals surface area contributed by atoms with Gasteiger partial charge in [-0.05, 0) is 23.3 Å². The maximum atomic E-state index is 13.5. The SMILES string of the molecule is O=C(COc1ccccc1F)NCc1cccc(CN2CCOCC2)c1. The molecule has 26 heavy (non-hydrogen) atoms. The Morgan fingerprint density at radius 3 is 2.69 bits per heavy atom. The maximum Gasteiger partial charge on any atom is 0.258 e. The minimum Gasteiger partial charge on any atom is -0.481 e. The highest BCUT2D eigenvalue weighted by Crippen LogP contribution is 2.15. The molecule has 1 aliphatic heterocycles. The minimum atomic E-state index is -0.476. The molecule has 3 rings (SSSR count). The molecule has 0 unspecified atom stereocenters. The lowest BCUT2D eigenvalue weighted by Gasteiger charge is -2.26. The molecule has 0 saturated carbocycles. The van der Waals surface area contributed by atoms with Crippen LogP contribution in [0.15, 0.2) is 48.5 Å². The second-order valence-electron chi connectivity index (χ2n) is 6.20. The Morgan fingerprint density at radius 1 is 1.12 bits per heavy atom. The summed E-state index contributed by atoms with van der Waals surface area (Å²) in [6.45, 7) is 4.50. The molecule has 1 amide bonds. The first kappa shape index (κ1) is 18.4. The molecule has 1 fully saturated rings. The Balaban J connectivity index is 1.45. The van der Waals surface area contributed by atoms with Gasteiger partial charge in [-0.15, -0.1) is 0 Å². The molecule has 138 valence electrons. The average Bonchev–Trinajstić information content (AvgIpc) is 2.67. The Bertz CT molecular complexity index is 733. The molecule has 0 spiro atoms. The Morgan fingerprint density at radius 2 is 1.88 bits per heavy atom. The molecule has 0 bridgehead atoms. The zero-order valence-electron chi connectivity index (χ0n) is 14.6. The van der Waals surface area contributed by atoms with Gasteiger partial charge in [-0.3, -0.25) is 9.69 Å². The number of carbonyl (C=O) groups is 1. The number of nitrogens with zero attached hydrogens (tertiary/aromatic N) is 1. The van der Waals surface area contributed by atoms with Crippen molar-refractivity contribution < 1.29 is 18.7 Å². The maximum absolute atomic E-state index is 13.5. The molecule has 2 aromatic carbocycles. The van der Waals surface area contributed by atoms with Crippen molar-refractivity contribution in [2.24, 2.45) is 0 Å². The third-order valence-electron chi connectivity index (χ3n) is 4.19. The predicted molar refractivity (Wildman–Crippen MR) is 96.3 cm³/mol. The predicted octanol–water partition coefficient (Wildman–Crippen LogP) is 2.35. The van der Waals surface area contributed by atoms with Gasteiger partial charge in [0.1, 0.15) is 0 Å². The van der Waals surface area contributed by atoms with Crippen LogP contribution in [0.1, 0.15) is 11.1 Å². The van der Waals surface area contributed by atoms with E-state index in [2.05, 4.69) is 22.3 Å². The van der Waals surface area contributed by atoms with Crippen molar-refractivity contribution in [3.05, 3.63) is 65.5 Å². The van der Waals surface area contributed by atoms with Crippen LogP contribution in [0.3, 0.4) is 0 Å². The van der Waals surface area contributed by atoms with Crippen LogP contribution >= 0.6 is 0 Å². The number of carbonyl (C=O) groups excluding carboxylic acids is 1. The summed E-state index contributed by atoms with van der Waals surface area (Å²) >= 11 is 0. The van der Waals surface area contributed by atoms with E-state index in [0.29, 0.717) is 6.54 Å². The topological polar surface area (TPSA) is 50.8 Å². The summed E-state index contributed by atoms with van der Waals surface area (Å²) in [5, 5.41) is 2.80. The molecule has 1 saturated heterocycles. The van der Waals surface area contributed by atoms with Crippen molar-refractivity contribution in [2.75, 3.05) is 32.9 Å². The standard InChI is InChI=1S/C20H23FN2O3/c21-18-6-1-2-7-19(18)26-15-20(24)22-13-16-4-3-5-17(12-16)14-23-8-10-25-11-9-23/h1-7,12H,8-11,13-15H2,(H,22,24). The summed E-state index contributed by atoms with van der Waals surface area (Å²) in [6.07, 6.45) is 0. The van der Waals surface area contributed by atoms with E-state index in [9.17, 15) is 9.18 Å². The molecule has 1 heterocycles. The number of hydrogen-bond acceptors (Lipinski definition) is 4. The van der Waals surface area contributed by atoms with Crippen molar-refractivity contribution in [3.8, 4) is 5.75 Å². The van der Waals surface area contributed by atoms with E-state index in [1.807, 2.05) is 12.1 Å². The van der Waals surface area contributed by atoms with Crippen LogP contribution in [-0.4, -0.2) is 43.7 Å². The van der Waals surface area contributed by atoms with Crippen molar-refractivity contribution in [1.29, 1.82) is 0 Å². The van der Waals surface area contributed by atoms with Gasteiger partial charge in [0.25, 0.3) is 5.91 Å². The fraction of sp³-hybridized carbons (Fsp3) is 0.350. The van der Waals surface area contributed by atoms with E-state index in [4.69, 9.17) is 9.47 Å². The Labute approximate surface area is 152 Å². The summed E-state index contributed by atoms with van der Waals surface area (Å²) < 4.78 is 24.0. The second-order valence-corrected chi connectivity index (χ2v) is 6.20.